The lowest BCUT2D eigenvalue weighted by Crippen LogP contribution is -2.26. The molecule has 2 heterocycles. The zero-order chi connectivity index (χ0) is 11.0. The average molecular weight is 216 g/mol. The number of nitrogens with zero attached hydrogens (tertiary/aromatic N) is 1. The van der Waals surface area contributed by atoms with Crippen LogP contribution < -0.4 is 10.2 Å². The van der Waals surface area contributed by atoms with Crippen LogP contribution in [0.3, 0.4) is 0 Å². The van der Waals surface area contributed by atoms with Crippen molar-refractivity contribution in [2.45, 2.75) is 25.7 Å². The number of amides is 1. The quantitative estimate of drug-likeness (QED) is 0.780. The Kier molecular flexibility index (Phi) is 2.31. The standard InChI is InChI=1S/C13H16N2O/c16-13-7-3-9-15(13)12-6-1-5-11-10(12)4-2-8-14-11/h1,5-6,14H,2-4,7-9H2. The first-order chi connectivity index (χ1) is 7.86. The van der Waals surface area contributed by atoms with E-state index in [4.69, 9.17) is 0 Å². The highest BCUT2D eigenvalue weighted by molar-refractivity contribution is 5.96. The zero-order valence-electron chi connectivity index (χ0n) is 9.33. The summed E-state index contributed by atoms with van der Waals surface area (Å²) in [5, 5.41) is 3.40. The molecular weight excluding hydrogens is 200 g/mol. The molecule has 0 atom stereocenters. The largest absolute Gasteiger partial charge is 0.385 e. The van der Waals surface area contributed by atoms with Gasteiger partial charge in [0.05, 0.1) is 0 Å². The van der Waals surface area contributed by atoms with E-state index in [2.05, 4.69) is 17.4 Å². The summed E-state index contributed by atoms with van der Waals surface area (Å²) in [6.07, 6.45) is 3.95. The minimum atomic E-state index is 0.277. The fourth-order valence-corrected chi connectivity index (χ4v) is 2.65. The van der Waals surface area contributed by atoms with Gasteiger partial charge in [-0.05, 0) is 37.0 Å². The van der Waals surface area contributed by atoms with Gasteiger partial charge in [0.15, 0.2) is 0 Å². The summed E-state index contributed by atoms with van der Waals surface area (Å²) in [6, 6.07) is 6.23. The zero-order valence-corrected chi connectivity index (χ0v) is 9.33. The van der Waals surface area contributed by atoms with Crippen molar-refractivity contribution in [3.63, 3.8) is 0 Å². The summed E-state index contributed by atoms with van der Waals surface area (Å²) >= 11 is 0. The molecule has 0 radical (unpaired) electrons. The first-order valence-electron chi connectivity index (χ1n) is 6.02. The molecule has 16 heavy (non-hydrogen) atoms. The van der Waals surface area contributed by atoms with Gasteiger partial charge in [-0.15, -0.1) is 0 Å². The molecule has 0 bridgehead atoms. The fraction of sp³-hybridized carbons (Fsp3) is 0.462. The van der Waals surface area contributed by atoms with Crippen LogP contribution in [0.5, 0.6) is 0 Å². The maximum atomic E-state index is 11.8. The third-order valence-electron chi connectivity index (χ3n) is 3.43. The van der Waals surface area contributed by atoms with Gasteiger partial charge < -0.3 is 10.2 Å². The number of anilines is 2. The second-order valence-electron chi connectivity index (χ2n) is 4.48. The van der Waals surface area contributed by atoms with Crippen LogP contribution in [-0.4, -0.2) is 19.0 Å². The second-order valence-corrected chi connectivity index (χ2v) is 4.48. The second kappa shape index (κ2) is 3.81. The SMILES string of the molecule is O=C1CCCN1c1cccc2c1CCCN2. The van der Waals surface area contributed by atoms with Crippen molar-refractivity contribution in [3.05, 3.63) is 23.8 Å². The van der Waals surface area contributed by atoms with Crippen molar-refractivity contribution in [2.75, 3.05) is 23.3 Å². The van der Waals surface area contributed by atoms with Gasteiger partial charge in [0, 0.05) is 30.9 Å². The predicted octanol–water partition coefficient (Wildman–Crippen LogP) is 2.17. The molecule has 0 saturated carbocycles. The third kappa shape index (κ3) is 1.47. The van der Waals surface area contributed by atoms with Crippen LogP contribution in [-0.2, 0) is 11.2 Å². The van der Waals surface area contributed by atoms with E-state index in [0.29, 0.717) is 6.42 Å². The number of hydrogen-bond acceptors (Lipinski definition) is 2. The monoisotopic (exact) mass is 216 g/mol. The van der Waals surface area contributed by atoms with Gasteiger partial charge in [0.1, 0.15) is 0 Å². The minimum Gasteiger partial charge on any atom is -0.385 e. The summed E-state index contributed by atoms with van der Waals surface area (Å²) in [7, 11) is 0. The van der Waals surface area contributed by atoms with Crippen LogP contribution in [0.2, 0.25) is 0 Å². The van der Waals surface area contributed by atoms with E-state index in [0.717, 1.165) is 38.0 Å². The Morgan fingerprint density at radius 3 is 2.94 bits per heavy atom. The lowest BCUT2D eigenvalue weighted by molar-refractivity contribution is -0.117. The van der Waals surface area contributed by atoms with E-state index in [9.17, 15) is 4.79 Å². The molecule has 84 valence electrons. The minimum absolute atomic E-state index is 0.277. The number of hydrogen-bond donors (Lipinski definition) is 1. The molecule has 3 rings (SSSR count). The van der Waals surface area contributed by atoms with Gasteiger partial charge in [-0.2, -0.15) is 0 Å². The molecule has 1 amide bonds. The van der Waals surface area contributed by atoms with Crippen molar-refractivity contribution < 1.29 is 4.79 Å². The number of carbonyl (C=O) groups is 1. The highest BCUT2D eigenvalue weighted by atomic mass is 16.2. The van der Waals surface area contributed by atoms with E-state index >= 15 is 0 Å². The number of fused-ring (bicyclic) bond motifs is 1. The number of carbonyl (C=O) groups excluding carboxylic acids is 1. The Morgan fingerprint density at radius 2 is 2.12 bits per heavy atom. The summed E-state index contributed by atoms with van der Waals surface area (Å²) in [5.74, 6) is 0.277. The molecule has 1 fully saturated rings. The van der Waals surface area contributed by atoms with E-state index in [1.165, 1.54) is 11.3 Å². The molecule has 0 aliphatic carbocycles. The maximum absolute atomic E-state index is 11.8. The van der Waals surface area contributed by atoms with Crippen molar-refractivity contribution in [3.8, 4) is 0 Å². The van der Waals surface area contributed by atoms with Gasteiger partial charge >= 0.3 is 0 Å². The lowest BCUT2D eigenvalue weighted by atomic mass is 10.0. The lowest BCUT2D eigenvalue weighted by Gasteiger charge is -2.25. The number of benzene rings is 1. The van der Waals surface area contributed by atoms with Gasteiger partial charge in [0.2, 0.25) is 5.91 Å². The topological polar surface area (TPSA) is 32.3 Å². The molecule has 1 aromatic rings. The van der Waals surface area contributed by atoms with Crippen LogP contribution in [0.25, 0.3) is 0 Å². The first kappa shape index (κ1) is 9.70. The van der Waals surface area contributed by atoms with Crippen molar-refractivity contribution >= 4 is 17.3 Å². The van der Waals surface area contributed by atoms with Crippen molar-refractivity contribution in [1.29, 1.82) is 0 Å². The summed E-state index contributed by atoms with van der Waals surface area (Å²) < 4.78 is 0. The van der Waals surface area contributed by atoms with E-state index in [1.807, 2.05) is 11.0 Å². The highest BCUT2D eigenvalue weighted by Crippen LogP contribution is 2.33. The highest BCUT2D eigenvalue weighted by Gasteiger charge is 2.25. The Hall–Kier alpha value is -1.51. The Labute approximate surface area is 95.4 Å². The molecular formula is C13H16N2O. The van der Waals surface area contributed by atoms with Crippen LogP contribution >= 0.6 is 0 Å². The van der Waals surface area contributed by atoms with Gasteiger partial charge in [-0.1, -0.05) is 6.07 Å². The Balaban J connectivity index is 2.03. The molecule has 1 N–H and O–H groups in total. The molecule has 0 aromatic heterocycles. The van der Waals surface area contributed by atoms with E-state index in [-0.39, 0.29) is 5.91 Å². The smallest absolute Gasteiger partial charge is 0.227 e. The molecule has 0 spiro atoms. The Morgan fingerprint density at radius 1 is 1.19 bits per heavy atom. The van der Waals surface area contributed by atoms with Crippen LogP contribution in [0.15, 0.2) is 18.2 Å². The fourth-order valence-electron chi connectivity index (χ4n) is 2.65. The van der Waals surface area contributed by atoms with Crippen molar-refractivity contribution in [1.82, 2.24) is 0 Å². The molecule has 3 heteroatoms. The third-order valence-corrected chi connectivity index (χ3v) is 3.43. The molecule has 3 nitrogen and oxygen atoms in total. The van der Waals surface area contributed by atoms with Crippen LogP contribution in [0.1, 0.15) is 24.8 Å². The van der Waals surface area contributed by atoms with Crippen molar-refractivity contribution in [2.24, 2.45) is 0 Å². The van der Waals surface area contributed by atoms with Crippen LogP contribution in [0.4, 0.5) is 11.4 Å². The normalized spacial score (nSPS) is 19.5. The molecule has 1 saturated heterocycles. The molecule has 1 aromatic carbocycles. The average Bonchev–Trinajstić information content (AvgIpc) is 2.75. The maximum Gasteiger partial charge on any atom is 0.227 e. The van der Waals surface area contributed by atoms with E-state index < -0.39 is 0 Å². The van der Waals surface area contributed by atoms with Gasteiger partial charge in [0.25, 0.3) is 0 Å². The summed E-state index contributed by atoms with van der Waals surface area (Å²) in [4.78, 5) is 13.7. The van der Waals surface area contributed by atoms with E-state index in [1.54, 1.807) is 0 Å². The van der Waals surface area contributed by atoms with Gasteiger partial charge in [-0.25, -0.2) is 0 Å². The summed E-state index contributed by atoms with van der Waals surface area (Å²) in [6.45, 7) is 1.93. The molecule has 2 aliphatic rings. The first-order valence-corrected chi connectivity index (χ1v) is 6.02. The number of rotatable bonds is 1. The molecule has 2 aliphatic heterocycles. The Bertz CT molecular complexity index is 428. The predicted molar refractivity (Wildman–Crippen MR) is 64.8 cm³/mol. The number of nitrogens with one attached hydrogen (secondary N) is 1. The van der Waals surface area contributed by atoms with Crippen LogP contribution in [0, 0.1) is 0 Å². The molecule has 0 unspecified atom stereocenters. The summed E-state index contributed by atoms with van der Waals surface area (Å²) in [5.41, 5.74) is 3.67. The van der Waals surface area contributed by atoms with Gasteiger partial charge in [-0.3, -0.25) is 4.79 Å².